The first-order valence-corrected chi connectivity index (χ1v) is 6.45. The average molecular weight is 241 g/mol. The van der Waals surface area contributed by atoms with Crippen molar-refractivity contribution in [3.8, 4) is 0 Å². The molecule has 0 aromatic carbocycles. The number of alkyl halides is 1. The number of halogens is 1. The molecule has 1 heterocycles. The van der Waals surface area contributed by atoms with E-state index < -0.39 is 0 Å². The summed E-state index contributed by atoms with van der Waals surface area (Å²) >= 11 is 0.345. The van der Waals surface area contributed by atoms with Gasteiger partial charge in [-0.2, -0.15) is 0 Å². The average Bonchev–Trinajstić information content (AvgIpc) is 1.90. The number of nitrogens with two attached hydrogens (primary N) is 1. The van der Waals surface area contributed by atoms with Gasteiger partial charge in [-0.3, -0.25) is 0 Å². The van der Waals surface area contributed by atoms with E-state index in [0.29, 0.717) is 27.5 Å². The molecule has 0 atom stereocenters. The van der Waals surface area contributed by atoms with Crippen LogP contribution in [-0.2, 0) is 0 Å². The fourth-order valence-corrected chi connectivity index (χ4v) is 2.56. The van der Waals surface area contributed by atoms with Crippen LogP contribution in [-0.4, -0.2) is 27.2 Å². The van der Waals surface area contributed by atoms with E-state index in [0.717, 1.165) is 0 Å². The van der Waals surface area contributed by atoms with Crippen LogP contribution in [0.3, 0.4) is 0 Å². The minimum absolute atomic E-state index is 0.345. The van der Waals surface area contributed by atoms with Crippen LogP contribution in [0.5, 0.6) is 0 Å². The van der Waals surface area contributed by atoms with Crippen molar-refractivity contribution < 1.29 is 21.5 Å². The quantitative estimate of drug-likeness (QED) is 0.302. The first-order chi connectivity index (χ1) is 4.33. The summed E-state index contributed by atoms with van der Waals surface area (Å²) in [7, 11) is 0. The number of nitrogens with zero attached hydrogens (tertiary/aromatic N) is 1. The Labute approximate surface area is 67.4 Å². The molecule has 0 radical (unpaired) electrons. The van der Waals surface area contributed by atoms with Gasteiger partial charge in [0.05, 0.1) is 0 Å². The number of hydrogen-bond donors (Lipinski definition) is 1. The van der Waals surface area contributed by atoms with Crippen molar-refractivity contribution >= 4 is 0 Å². The summed E-state index contributed by atoms with van der Waals surface area (Å²) in [5.41, 5.74) is 5.74. The maximum absolute atomic E-state index is 5.74. The molecule has 0 bridgehead atoms. The van der Waals surface area contributed by atoms with E-state index in [2.05, 4.69) is 8.04 Å². The summed E-state index contributed by atoms with van der Waals surface area (Å²) in [5.74, 6) is 0. The number of hydrogen-bond acceptors (Lipinski definition) is 2. The summed E-state index contributed by atoms with van der Waals surface area (Å²) in [6, 6.07) is 0.497. The molecule has 3 heteroatoms. The van der Waals surface area contributed by atoms with E-state index in [4.69, 9.17) is 5.73 Å². The van der Waals surface area contributed by atoms with Crippen LogP contribution in [0.15, 0.2) is 0 Å². The molecule has 1 fully saturated rings. The first kappa shape index (κ1) is 7.75. The Morgan fingerprint density at radius 3 is 2.44 bits per heavy atom. The summed E-state index contributed by atoms with van der Waals surface area (Å²) < 4.78 is 2.56. The van der Waals surface area contributed by atoms with Gasteiger partial charge in [-0.25, -0.2) is 0 Å². The minimum atomic E-state index is 0.345. The molecule has 0 aromatic rings. The fraction of sp³-hybridized carbons (Fsp3) is 1.00. The van der Waals surface area contributed by atoms with Crippen molar-refractivity contribution in [3.05, 3.63) is 0 Å². The van der Waals surface area contributed by atoms with E-state index in [9.17, 15) is 0 Å². The van der Waals surface area contributed by atoms with Crippen molar-refractivity contribution in [2.75, 3.05) is 18.0 Å². The molecule has 0 unspecified atom stereocenters. The summed E-state index contributed by atoms with van der Waals surface area (Å²) in [5, 5.41) is 0. The molecule has 0 saturated carbocycles. The molecule has 0 aromatic heterocycles. The molecule has 9 heavy (non-hydrogen) atoms. The van der Waals surface area contributed by atoms with Gasteiger partial charge < -0.3 is 0 Å². The zero-order valence-electron chi connectivity index (χ0n) is 5.81. The third-order valence-electron chi connectivity index (χ3n) is 1.72. The monoisotopic (exact) mass is 241 g/mol. The second-order valence-corrected chi connectivity index (χ2v) is 4.75. The van der Waals surface area contributed by atoms with Crippen LogP contribution >= 0.6 is 0 Å². The van der Waals surface area contributed by atoms with Gasteiger partial charge in [0.15, 0.2) is 0 Å². The zero-order chi connectivity index (χ0) is 6.69. The molecule has 1 aliphatic rings. The maximum atomic E-state index is 5.74. The van der Waals surface area contributed by atoms with Crippen LogP contribution in [0.4, 0.5) is 0 Å². The second-order valence-electron chi connectivity index (χ2n) is 2.42. The Morgan fingerprint density at radius 2 is 2.00 bits per heavy atom. The summed E-state index contributed by atoms with van der Waals surface area (Å²) in [6.07, 6.45) is 2.43. The van der Waals surface area contributed by atoms with E-state index >= 15 is 0 Å². The summed E-state index contributed by atoms with van der Waals surface area (Å²) in [6.45, 7) is 2.51. The Morgan fingerprint density at radius 1 is 1.44 bits per heavy atom. The normalized spacial score (nSPS) is 25.1. The second kappa shape index (κ2) is 3.73. The van der Waals surface area contributed by atoms with Gasteiger partial charge in [0.1, 0.15) is 0 Å². The van der Waals surface area contributed by atoms with Crippen molar-refractivity contribution in [3.63, 3.8) is 0 Å². The standard InChI is InChI=1S/C6H14IN2/c1-7-9-4-2-6(8)3-5-9/h6H,2-5,8H2,1H3/q-1. The van der Waals surface area contributed by atoms with E-state index in [1.165, 1.54) is 25.9 Å². The van der Waals surface area contributed by atoms with Crippen LogP contribution in [0.25, 0.3) is 0 Å². The van der Waals surface area contributed by atoms with Crippen LogP contribution in [0.2, 0.25) is 0 Å². The first-order valence-electron chi connectivity index (χ1n) is 3.33. The molecule has 1 rings (SSSR count). The summed E-state index contributed by atoms with van der Waals surface area (Å²) in [4.78, 5) is 2.32. The van der Waals surface area contributed by atoms with Gasteiger partial charge in [-0.15, -0.1) is 0 Å². The Bertz CT molecular complexity index is 79.1. The Balaban J connectivity index is 2.18. The predicted octanol–water partition coefficient (Wildman–Crippen LogP) is -2.96. The molecule has 1 aliphatic heterocycles. The van der Waals surface area contributed by atoms with Crippen LogP contribution in [0.1, 0.15) is 12.8 Å². The van der Waals surface area contributed by atoms with Gasteiger partial charge >= 0.3 is 67.2 Å². The van der Waals surface area contributed by atoms with Crippen molar-refractivity contribution in [2.24, 2.45) is 5.73 Å². The predicted molar refractivity (Wildman–Crippen MR) is 34.7 cm³/mol. The fourth-order valence-electron chi connectivity index (χ4n) is 1.04. The van der Waals surface area contributed by atoms with Gasteiger partial charge in [0, 0.05) is 0 Å². The Kier molecular flexibility index (Phi) is 3.21. The molecule has 0 aliphatic carbocycles. The van der Waals surface area contributed by atoms with Crippen molar-refractivity contribution in [2.45, 2.75) is 18.9 Å². The SMILES string of the molecule is C[I-]N1CCC(N)CC1. The van der Waals surface area contributed by atoms with E-state index in [-0.39, 0.29) is 0 Å². The third-order valence-corrected chi connectivity index (χ3v) is 4.05. The van der Waals surface area contributed by atoms with Crippen molar-refractivity contribution in [1.29, 1.82) is 0 Å². The number of piperidine rings is 1. The zero-order valence-corrected chi connectivity index (χ0v) is 7.97. The molecular weight excluding hydrogens is 227 g/mol. The topological polar surface area (TPSA) is 29.3 Å². The van der Waals surface area contributed by atoms with Crippen LogP contribution in [0, 0.1) is 0 Å². The van der Waals surface area contributed by atoms with Gasteiger partial charge in [0.2, 0.25) is 0 Å². The molecule has 2 nitrogen and oxygen atoms in total. The van der Waals surface area contributed by atoms with E-state index in [1.54, 1.807) is 0 Å². The third kappa shape index (κ3) is 2.39. The van der Waals surface area contributed by atoms with Crippen LogP contribution < -0.4 is 27.2 Å². The van der Waals surface area contributed by atoms with Crippen molar-refractivity contribution in [1.82, 2.24) is 3.11 Å². The molecule has 0 amide bonds. The molecule has 0 spiro atoms. The molecule has 2 N–H and O–H groups in total. The van der Waals surface area contributed by atoms with E-state index in [1.807, 2.05) is 0 Å². The molecular formula is C6H14IN2-. The number of rotatable bonds is 1. The molecule has 1 saturated heterocycles. The van der Waals surface area contributed by atoms with Gasteiger partial charge in [-0.1, -0.05) is 0 Å². The van der Waals surface area contributed by atoms with Gasteiger partial charge in [0.25, 0.3) is 0 Å². The molecule has 56 valence electrons. The Hall–Kier alpha value is 0.650. The van der Waals surface area contributed by atoms with Gasteiger partial charge in [-0.05, 0) is 0 Å².